The van der Waals surface area contributed by atoms with Crippen LogP contribution in [0.4, 0.5) is 17.7 Å². The fourth-order valence-corrected chi connectivity index (χ4v) is 5.06. The van der Waals surface area contributed by atoms with Gasteiger partial charge in [-0.15, -0.1) is 0 Å². The molecule has 5 aliphatic rings. The molecule has 0 spiro atoms. The lowest BCUT2D eigenvalue weighted by Gasteiger charge is -2.36. The van der Waals surface area contributed by atoms with Crippen LogP contribution in [-0.2, 0) is 0 Å². The lowest BCUT2D eigenvalue weighted by Crippen LogP contribution is -2.45. The fraction of sp³-hybridized carbons (Fsp3) is 0.591. The first-order valence-electron chi connectivity index (χ1n) is 12.0. The second-order valence-corrected chi connectivity index (χ2v) is 8.84. The molecule has 3 saturated heterocycles. The van der Waals surface area contributed by atoms with E-state index in [2.05, 4.69) is 47.0 Å². The molecule has 6 heterocycles. The fourth-order valence-electron chi connectivity index (χ4n) is 5.06. The topological polar surface area (TPSA) is 93.2 Å². The molecule has 10 nitrogen and oxygen atoms in total. The molecule has 3 N–H and O–H groups in total. The molecular weight excluding hydrogens is 404 g/mol. The molecule has 0 amide bonds. The van der Waals surface area contributed by atoms with Crippen LogP contribution in [0.15, 0.2) is 18.3 Å². The molecule has 170 valence electrons. The summed E-state index contributed by atoms with van der Waals surface area (Å²) in [5, 5.41) is 6.90. The average molecular weight is 437 g/mol. The van der Waals surface area contributed by atoms with Gasteiger partial charge >= 0.3 is 0 Å². The summed E-state index contributed by atoms with van der Waals surface area (Å²) < 4.78 is 2.29. The first-order chi connectivity index (χ1) is 15.9. The van der Waals surface area contributed by atoms with Gasteiger partial charge < -0.3 is 30.3 Å². The highest BCUT2D eigenvalue weighted by atomic mass is 15.4. The van der Waals surface area contributed by atoms with Crippen molar-refractivity contribution in [3.05, 3.63) is 18.3 Å². The van der Waals surface area contributed by atoms with Crippen molar-refractivity contribution in [1.82, 2.24) is 35.1 Å². The number of fused-ring (bicyclic) bond motifs is 1. The van der Waals surface area contributed by atoms with E-state index < -0.39 is 0 Å². The smallest absolute Gasteiger partial charge is 0.228 e. The van der Waals surface area contributed by atoms with Gasteiger partial charge in [-0.05, 0) is 31.4 Å². The lowest BCUT2D eigenvalue weighted by atomic mass is 10.1. The SMILES string of the molecule is c1c[nH]c(-n2c(N3CCCCC3)nc3nc(N4CCNCC4)nc-3c2N2CCNCC2)c1. The number of rotatable bonds is 4. The largest absolute Gasteiger partial charge is 0.353 e. The molecule has 5 aliphatic heterocycles. The molecule has 6 rings (SSSR count). The Bertz CT molecular complexity index is 994. The van der Waals surface area contributed by atoms with Crippen molar-refractivity contribution in [1.29, 1.82) is 0 Å². The van der Waals surface area contributed by atoms with Gasteiger partial charge in [0.15, 0.2) is 11.5 Å². The number of piperazine rings is 2. The Hall–Kier alpha value is -2.85. The van der Waals surface area contributed by atoms with Crippen LogP contribution in [0.25, 0.3) is 17.3 Å². The Kier molecular flexibility index (Phi) is 5.32. The highest BCUT2D eigenvalue weighted by molar-refractivity contribution is 5.76. The molecule has 0 aliphatic carbocycles. The molecule has 0 radical (unpaired) electrons. The van der Waals surface area contributed by atoms with Gasteiger partial charge in [-0.3, -0.25) is 0 Å². The van der Waals surface area contributed by atoms with E-state index in [1.165, 1.54) is 19.3 Å². The number of nitrogens with zero attached hydrogens (tertiary/aromatic N) is 7. The van der Waals surface area contributed by atoms with Crippen LogP contribution in [0, 0.1) is 0 Å². The Labute approximate surface area is 188 Å². The minimum atomic E-state index is 0.760. The second-order valence-electron chi connectivity index (χ2n) is 8.84. The third-order valence-corrected chi connectivity index (χ3v) is 6.74. The summed E-state index contributed by atoms with van der Waals surface area (Å²) in [6.07, 6.45) is 5.67. The van der Waals surface area contributed by atoms with Gasteiger partial charge in [-0.1, -0.05) is 0 Å². The maximum absolute atomic E-state index is 5.14. The highest BCUT2D eigenvalue weighted by Gasteiger charge is 2.32. The predicted molar refractivity (Wildman–Crippen MR) is 126 cm³/mol. The van der Waals surface area contributed by atoms with Crippen molar-refractivity contribution < 1.29 is 0 Å². The molecule has 0 saturated carbocycles. The monoisotopic (exact) mass is 436 g/mol. The maximum atomic E-state index is 5.14. The highest BCUT2D eigenvalue weighted by Crippen LogP contribution is 2.38. The van der Waals surface area contributed by atoms with Crippen molar-refractivity contribution in [2.75, 3.05) is 80.1 Å². The predicted octanol–water partition coefficient (Wildman–Crippen LogP) is 0.905. The summed E-state index contributed by atoms with van der Waals surface area (Å²) in [6, 6.07) is 4.18. The zero-order chi connectivity index (χ0) is 21.3. The summed E-state index contributed by atoms with van der Waals surface area (Å²) in [5.74, 6) is 4.67. The van der Waals surface area contributed by atoms with Crippen LogP contribution in [0.2, 0.25) is 0 Å². The van der Waals surface area contributed by atoms with E-state index in [1.807, 2.05) is 6.20 Å². The van der Waals surface area contributed by atoms with Crippen molar-refractivity contribution in [2.24, 2.45) is 0 Å². The quantitative estimate of drug-likeness (QED) is 0.556. The Morgan fingerprint density at radius 3 is 2.12 bits per heavy atom. The van der Waals surface area contributed by atoms with E-state index >= 15 is 0 Å². The van der Waals surface area contributed by atoms with E-state index in [4.69, 9.17) is 15.0 Å². The standard InChI is InChI=1S/C22H32N10/c1-2-11-31(12-3-1)22-28-19-18(26-21(27-19)30-15-9-24-10-16-30)20(29-13-7-23-8-14-29)32(22)17-5-4-6-25-17/h4-6,23-25H,1-3,7-16H2. The van der Waals surface area contributed by atoms with E-state index in [0.29, 0.717) is 0 Å². The van der Waals surface area contributed by atoms with Crippen LogP contribution in [0.1, 0.15) is 19.3 Å². The number of imidazole rings is 1. The van der Waals surface area contributed by atoms with Gasteiger partial charge in [0, 0.05) is 71.6 Å². The van der Waals surface area contributed by atoms with Crippen LogP contribution in [0.3, 0.4) is 0 Å². The average Bonchev–Trinajstić information content (AvgIpc) is 3.55. The van der Waals surface area contributed by atoms with Crippen LogP contribution < -0.4 is 25.3 Å². The van der Waals surface area contributed by atoms with Gasteiger partial charge in [0.25, 0.3) is 0 Å². The number of hydrogen-bond acceptors (Lipinski definition) is 8. The number of H-pyrrole nitrogens is 1. The molecule has 0 aromatic carbocycles. The Balaban J connectivity index is 1.56. The molecule has 1 aromatic heterocycles. The Morgan fingerprint density at radius 2 is 1.44 bits per heavy atom. The van der Waals surface area contributed by atoms with Gasteiger partial charge in [0.2, 0.25) is 11.9 Å². The van der Waals surface area contributed by atoms with E-state index in [1.54, 1.807) is 0 Å². The molecule has 3 fully saturated rings. The zero-order valence-electron chi connectivity index (χ0n) is 18.6. The number of aromatic amines is 1. The number of hydrogen-bond donors (Lipinski definition) is 3. The van der Waals surface area contributed by atoms with Crippen molar-refractivity contribution >= 4 is 17.7 Å². The summed E-state index contributed by atoms with van der Waals surface area (Å²) in [4.78, 5) is 25.8. The summed E-state index contributed by atoms with van der Waals surface area (Å²) >= 11 is 0. The van der Waals surface area contributed by atoms with E-state index in [9.17, 15) is 0 Å². The molecular formula is C22H32N10. The summed E-state index contributed by atoms with van der Waals surface area (Å²) in [5.41, 5.74) is 0.899. The first kappa shape index (κ1) is 19.8. The molecule has 32 heavy (non-hydrogen) atoms. The molecule has 10 heteroatoms. The second kappa shape index (κ2) is 8.59. The number of nitrogens with one attached hydrogen (secondary N) is 3. The molecule has 0 atom stereocenters. The zero-order valence-corrected chi connectivity index (χ0v) is 18.6. The first-order valence-corrected chi connectivity index (χ1v) is 12.0. The molecule has 0 bridgehead atoms. The van der Waals surface area contributed by atoms with Crippen molar-refractivity contribution in [2.45, 2.75) is 19.3 Å². The third-order valence-electron chi connectivity index (χ3n) is 6.74. The number of anilines is 3. The van der Waals surface area contributed by atoms with Gasteiger partial charge in [-0.2, -0.15) is 9.97 Å². The van der Waals surface area contributed by atoms with Gasteiger partial charge in [0.1, 0.15) is 11.6 Å². The van der Waals surface area contributed by atoms with Crippen molar-refractivity contribution in [3.63, 3.8) is 0 Å². The maximum Gasteiger partial charge on any atom is 0.228 e. The Morgan fingerprint density at radius 1 is 0.719 bits per heavy atom. The van der Waals surface area contributed by atoms with Crippen LogP contribution in [0.5, 0.6) is 0 Å². The normalized spacial score (nSPS) is 20.3. The number of piperidine rings is 1. The van der Waals surface area contributed by atoms with E-state index in [-0.39, 0.29) is 0 Å². The summed E-state index contributed by atoms with van der Waals surface area (Å²) in [6.45, 7) is 9.64. The van der Waals surface area contributed by atoms with Crippen LogP contribution >= 0.6 is 0 Å². The van der Waals surface area contributed by atoms with Gasteiger partial charge in [0.05, 0.1) is 0 Å². The molecule has 1 aromatic rings. The third kappa shape index (κ3) is 3.57. The lowest BCUT2D eigenvalue weighted by molar-refractivity contribution is 0.556. The van der Waals surface area contributed by atoms with E-state index in [0.717, 1.165) is 100 Å². The van der Waals surface area contributed by atoms with Crippen molar-refractivity contribution in [3.8, 4) is 17.3 Å². The minimum Gasteiger partial charge on any atom is -0.353 e. The number of aromatic nitrogens is 5. The molecule has 0 unspecified atom stereocenters. The summed E-state index contributed by atoms with van der Waals surface area (Å²) in [7, 11) is 0. The van der Waals surface area contributed by atoms with Crippen LogP contribution in [-0.4, -0.2) is 90.0 Å². The minimum absolute atomic E-state index is 0.760. The van der Waals surface area contributed by atoms with Gasteiger partial charge in [-0.25, -0.2) is 9.55 Å².